The summed E-state index contributed by atoms with van der Waals surface area (Å²) in [6.45, 7) is 0.362. The number of thiophene rings is 1. The van der Waals surface area contributed by atoms with E-state index in [1.807, 2.05) is 18.2 Å². The molecular formula is C37H24N2O2S. The van der Waals surface area contributed by atoms with Crippen LogP contribution in [0.15, 0.2) is 126 Å². The number of nitrogen functional groups attached to an aromatic ring is 1. The van der Waals surface area contributed by atoms with Crippen LogP contribution in [0.4, 0.5) is 5.69 Å². The van der Waals surface area contributed by atoms with Crippen LogP contribution in [0.5, 0.6) is 5.75 Å². The minimum atomic E-state index is 0.362. The standard InChI is InChI=1S/C37H24N2O2S/c38-27-18-20-33-35(26-12-4-8-16-32(26)42-33)36(27)40-21-22-17-19-30(37-34(22)25-11-3-7-15-31(25)41-37)39-28-13-5-1-9-23(28)24-10-2-6-14-29(24)39/h1-20H,21,38H2. The SMILES string of the molecule is Nc1ccc2sc3ccccc3c2c1OCc1ccc(-n2c3ccccc3c3ccccc32)c2oc3ccccc3c12. The first kappa shape index (κ1) is 23.4. The van der Waals surface area contributed by atoms with Gasteiger partial charge in [-0.25, -0.2) is 0 Å². The number of furan rings is 1. The van der Waals surface area contributed by atoms with Crippen LogP contribution >= 0.6 is 11.3 Å². The van der Waals surface area contributed by atoms with Gasteiger partial charge in [-0.1, -0.05) is 78.9 Å². The predicted octanol–water partition coefficient (Wildman–Crippen LogP) is 10.2. The van der Waals surface area contributed by atoms with Crippen molar-refractivity contribution in [1.29, 1.82) is 0 Å². The Morgan fingerprint density at radius 1 is 0.619 bits per heavy atom. The van der Waals surface area contributed by atoms with Gasteiger partial charge in [0.2, 0.25) is 0 Å². The summed E-state index contributed by atoms with van der Waals surface area (Å²) < 4.78 is 18.0. The maximum Gasteiger partial charge on any atom is 0.159 e. The number of hydrogen-bond acceptors (Lipinski definition) is 4. The normalized spacial score (nSPS) is 12.0. The molecule has 0 radical (unpaired) electrons. The summed E-state index contributed by atoms with van der Waals surface area (Å²) in [6, 6.07) is 42.1. The zero-order chi connectivity index (χ0) is 27.8. The van der Waals surface area contributed by atoms with E-state index in [0.29, 0.717) is 12.3 Å². The highest BCUT2D eigenvalue weighted by Crippen LogP contribution is 2.44. The largest absolute Gasteiger partial charge is 0.486 e. The van der Waals surface area contributed by atoms with Crippen molar-refractivity contribution in [3.63, 3.8) is 0 Å². The first-order chi connectivity index (χ1) is 20.8. The van der Waals surface area contributed by atoms with Gasteiger partial charge in [-0.2, -0.15) is 0 Å². The van der Waals surface area contributed by atoms with Crippen LogP contribution in [0.1, 0.15) is 5.56 Å². The zero-order valence-corrected chi connectivity index (χ0v) is 23.3. The number of ether oxygens (including phenoxy) is 1. The third kappa shape index (κ3) is 3.28. The Hall–Kier alpha value is -5.26. The monoisotopic (exact) mass is 560 g/mol. The molecule has 5 heteroatoms. The summed E-state index contributed by atoms with van der Waals surface area (Å²) in [4.78, 5) is 0. The van der Waals surface area contributed by atoms with Gasteiger partial charge in [0.25, 0.3) is 0 Å². The van der Waals surface area contributed by atoms with Crippen molar-refractivity contribution in [3.05, 3.63) is 127 Å². The van der Waals surface area contributed by atoms with E-state index >= 15 is 0 Å². The van der Waals surface area contributed by atoms with Crippen molar-refractivity contribution in [2.75, 3.05) is 5.73 Å². The highest BCUT2D eigenvalue weighted by Gasteiger charge is 2.21. The predicted molar refractivity (Wildman–Crippen MR) is 176 cm³/mol. The van der Waals surface area contributed by atoms with Gasteiger partial charge in [0.15, 0.2) is 11.3 Å². The Bertz CT molecular complexity index is 2440. The van der Waals surface area contributed by atoms with Crippen LogP contribution < -0.4 is 10.5 Å². The molecule has 0 amide bonds. The fourth-order valence-corrected chi connectivity index (χ4v) is 7.57. The van der Waals surface area contributed by atoms with Crippen molar-refractivity contribution in [1.82, 2.24) is 4.57 Å². The van der Waals surface area contributed by atoms with Gasteiger partial charge < -0.3 is 19.5 Å². The highest BCUT2D eigenvalue weighted by molar-refractivity contribution is 7.25. The van der Waals surface area contributed by atoms with E-state index in [9.17, 15) is 0 Å². The molecule has 0 atom stereocenters. The smallest absolute Gasteiger partial charge is 0.159 e. The number of benzene rings is 6. The number of nitrogens with two attached hydrogens (primary N) is 1. The highest BCUT2D eigenvalue weighted by atomic mass is 32.1. The first-order valence-electron chi connectivity index (χ1n) is 14.0. The van der Waals surface area contributed by atoms with E-state index < -0.39 is 0 Å². The third-order valence-corrected chi connectivity index (χ3v) is 9.45. The lowest BCUT2D eigenvalue weighted by Gasteiger charge is -2.14. The Labute approximate surface area is 244 Å². The van der Waals surface area contributed by atoms with Crippen molar-refractivity contribution in [2.45, 2.75) is 6.61 Å². The van der Waals surface area contributed by atoms with Gasteiger partial charge in [0.1, 0.15) is 12.2 Å². The molecule has 42 heavy (non-hydrogen) atoms. The number of rotatable bonds is 4. The lowest BCUT2D eigenvalue weighted by atomic mass is 10.1. The van der Waals surface area contributed by atoms with Crippen LogP contribution in [0, 0.1) is 0 Å². The Morgan fingerprint density at radius 2 is 1.29 bits per heavy atom. The average Bonchev–Trinajstić information content (AvgIpc) is 3.71. The van der Waals surface area contributed by atoms with Gasteiger partial charge >= 0.3 is 0 Å². The van der Waals surface area contributed by atoms with E-state index in [1.54, 1.807) is 11.3 Å². The van der Waals surface area contributed by atoms with Gasteiger partial charge in [0.05, 0.1) is 22.4 Å². The van der Waals surface area contributed by atoms with E-state index in [2.05, 4.69) is 108 Å². The molecule has 3 heterocycles. The van der Waals surface area contributed by atoms with Crippen molar-refractivity contribution < 1.29 is 9.15 Å². The summed E-state index contributed by atoms with van der Waals surface area (Å²) in [6.07, 6.45) is 0. The average molecular weight is 561 g/mol. The molecule has 0 saturated carbocycles. The van der Waals surface area contributed by atoms with Gasteiger partial charge in [0, 0.05) is 47.3 Å². The van der Waals surface area contributed by atoms with Crippen LogP contribution in [0.3, 0.4) is 0 Å². The topological polar surface area (TPSA) is 53.3 Å². The summed E-state index contributed by atoms with van der Waals surface area (Å²) in [5, 5.41) is 6.81. The van der Waals surface area contributed by atoms with Crippen molar-refractivity contribution in [3.8, 4) is 11.4 Å². The number of para-hydroxylation sites is 3. The Kier molecular flexibility index (Phi) is 4.95. The van der Waals surface area contributed by atoms with E-state index in [-0.39, 0.29) is 0 Å². The number of anilines is 1. The number of nitrogens with zero attached hydrogens (tertiary/aromatic N) is 1. The summed E-state index contributed by atoms with van der Waals surface area (Å²) in [5.41, 5.74) is 13.2. The van der Waals surface area contributed by atoms with Crippen LogP contribution in [-0.4, -0.2) is 4.57 Å². The van der Waals surface area contributed by atoms with Gasteiger partial charge in [-0.3, -0.25) is 0 Å². The molecule has 9 aromatic rings. The minimum absolute atomic E-state index is 0.362. The molecule has 0 bridgehead atoms. The first-order valence-corrected chi connectivity index (χ1v) is 14.8. The quantitative estimate of drug-likeness (QED) is 0.218. The van der Waals surface area contributed by atoms with Gasteiger partial charge in [-0.15, -0.1) is 11.3 Å². The fourth-order valence-electron chi connectivity index (χ4n) is 6.47. The molecule has 6 aromatic carbocycles. The molecule has 0 spiro atoms. The third-order valence-electron chi connectivity index (χ3n) is 8.31. The molecule has 200 valence electrons. The Balaban J connectivity index is 1.26. The second-order valence-electron chi connectivity index (χ2n) is 10.7. The van der Waals surface area contributed by atoms with Crippen LogP contribution in [0.25, 0.3) is 69.6 Å². The number of hydrogen-bond donors (Lipinski definition) is 1. The maximum absolute atomic E-state index is 6.64. The molecule has 0 saturated heterocycles. The summed E-state index contributed by atoms with van der Waals surface area (Å²) in [7, 11) is 0. The zero-order valence-electron chi connectivity index (χ0n) is 22.5. The van der Waals surface area contributed by atoms with Crippen molar-refractivity contribution in [2.24, 2.45) is 0 Å². The number of fused-ring (bicyclic) bond motifs is 9. The second kappa shape index (κ2) is 8.87. The molecule has 0 aliphatic heterocycles. The van der Waals surface area contributed by atoms with Gasteiger partial charge in [-0.05, 0) is 42.5 Å². The molecule has 2 N–H and O–H groups in total. The lowest BCUT2D eigenvalue weighted by Crippen LogP contribution is -2.01. The number of aromatic nitrogens is 1. The molecule has 0 aliphatic carbocycles. The van der Waals surface area contributed by atoms with Crippen LogP contribution in [0.2, 0.25) is 0 Å². The summed E-state index contributed by atoms with van der Waals surface area (Å²) >= 11 is 1.76. The summed E-state index contributed by atoms with van der Waals surface area (Å²) in [5.74, 6) is 0.734. The molecular weight excluding hydrogens is 536 g/mol. The molecule has 3 aromatic heterocycles. The van der Waals surface area contributed by atoms with Crippen LogP contribution in [-0.2, 0) is 6.61 Å². The van der Waals surface area contributed by atoms with E-state index in [0.717, 1.165) is 55.4 Å². The maximum atomic E-state index is 6.64. The molecule has 4 nitrogen and oxygen atoms in total. The van der Waals surface area contributed by atoms with E-state index in [1.165, 1.54) is 25.6 Å². The lowest BCUT2D eigenvalue weighted by molar-refractivity contribution is 0.313. The Morgan fingerprint density at radius 3 is 2.07 bits per heavy atom. The van der Waals surface area contributed by atoms with E-state index in [4.69, 9.17) is 14.9 Å². The second-order valence-corrected chi connectivity index (χ2v) is 11.7. The molecule has 9 rings (SSSR count). The molecule has 0 unspecified atom stereocenters. The molecule has 0 fully saturated rings. The molecule has 0 aliphatic rings. The minimum Gasteiger partial charge on any atom is -0.486 e. The fraction of sp³-hybridized carbons (Fsp3) is 0.0270. The van der Waals surface area contributed by atoms with Crippen molar-refractivity contribution >= 4 is 80.9 Å².